The fraction of sp³-hybridized carbons (Fsp3) is 0. The molecule has 0 aliphatic rings. The van der Waals surface area contributed by atoms with Crippen LogP contribution in [0.5, 0.6) is 0 Å². The standard InChI is InChI=1S/C20H14FN3/c21-16-7-5-6-15(14-16)11-12-20-23-17-8-1-2-9-18(17)24(20)19-10-3-4-13-22-19/h1-14H/b12-11+. The van der Waals surface area contributed by atoms with Crippen LogP contribution in [0.3, 0.4) is 0 Å². The van der Waals surface area contributed by atoms with Gasteiger partial charge in [0.2, 0.25) is 0 Å². The first kappa shape index (κ1) is 14.3. The number of para-hydroxylation sites is 2. The summed E-state index contributed by atoms with van der Waals surface area (Å²) in [5.74, 6) is 1.29. The maximum atomic E-state index is 13.3. The average Bonchev–Trinajstić information content (AvgIpc) is 2.99. The number of imidazole rings is 1. The molecule has 0 amide bonds. The van der Waals surface area contributed by atoms with E-state index >= 15 is 0 Å². The smallest absolute Gasteiger partial charge is 0.139 e. The minimum Gasteiger partial charge on any atom is -0.277 e. The zero-order chi connectivity index (χ0) is 16.4. The first-order valence-corrected chi connectivity index (χ1v) is 7.64. The summed E-state index contributed by atoms with van der Waals surface area (Å²) in [6, 6.07) is 20.1. The number of hydrogen-bond acceptors (Lipinski definition) is 2. The van der Waals surface area contributed by atoms with Crippen LogP contribution in [0.1, 0.15) is 11.4 Å². The van der Waals surface area contributed by atoms with Gasteiger partial charge >= 0.3 is 0 Å². The number of fused-ring (bicyclic) bond motifs is 1. The SMILES string of the molecule is Fc1cccc(/C=C/c2nc3ccccc3n2-c2ccccn2)c1. The summed E-state index contributed by atoms with van der Waals surface area (Å²) < 4.78 is 15.3. The molecule has 0 N–H and O–H groups in total. The Balaban J connectivity index is 1.86. The Hall–Kier alpha value is -3.27. The summed E-state index contributed by atoms with van der Waals surface area (Å²) in [6.45, 7) is 0. The summed E-state index contributed by atoms with van der Waals surface area (Å²) in [5.41, 5.74) is 2.66. The monoisotopic (exact) mass is 315 g/mol. The Morgan fingerprint density at radius 2 is 1.75 bits per heavy atom. The van der Waals surface area contributed by atoms with Gasteiger partial charge in [0.15, 0.2) is 0 Å². The van der Waals surface area contributed by atoms with E-state index in [1.807, 2.05) is 65.3 Å². The van der Waals surface area contributed by atoms with E-state index < -0.39 is 0 Å². The summed E-state index contributed by atoms with van der Waals surface area (Å²) in [4.78, 5) is 9.10. The minimum absolute atomic E-state index is 0.254. The fourth-order valence-corrected chi connectivity index (χ4v) is 2.66. The van der Waals surface area contributed by atoms with Crippen LogP contribution < -0.4 is 0 Å². The number of benzene rings is 2. The molecule has 4 rings (SSSR count). The Kier molecular flexibility index (Phi) is 3.63. The predicted molar refractivity (Wildman–Crippen MR) is 94.2 cm³/mol. The lowest BCUT2D eigenvalue weighted by molar-refractivity contribution is 0.627. The number of nitrogens with zero attached hydrogens (tertiary/aromatic N) is 3. The van der Waals surface area contributed by atoms with Gasteiger partial charge in [0.25, 0.3) is 0 Å². The lowest BCUT2D eigenvalue weighted by atomic mass is 10.2. The van der Waals surface area contributed by atoms with E-state index in [4.69, 9.17) is 0 Å². The number of halogens is 1. The highest BCUT2D eigenvalue weighted by atomic mass is 19.1. The van der Waals surface area contributed by atoms with Gasteiger partial charge < -0.3 is 0 Å². The summed E-state index contributed by atoms with van der Waals surface area (Å²) in [7, 11) is 0. The molecule has 0 bridgehead atoms. The summed E-state index contributed by atoms with van der Waals surface area (Å²) >= 11 is 0. The molecule has 2 heterocycles. The van der Waals surface area contributed by atoms with E-state index in [1.165, 1.54) is 12.1 Å². The molecule has 0 fully saturated rings. The first-order chi connectivity index (χ1) is 11.8. The predicted octanol–water partition coefficient (Wildman–Crippen LogP) is 4.73. The quantitative estimate of drug-likeness (QED) is 0.547. The van der Waals surface area contributed by atoms with Gasteiger partial charge in [0, 0.05) is 6.20 Å². The molecule has 0 unspecified atom stereocenters. The van der Waals surface area contributed by atoms with E-state index in [0.29, 0.717) is 0 Å². The minimum atomic E-state index is -0.254. The third-order valence-corrected chi connectivity index (χ3v) is 3.74. The van der Waals surface area contributed by atoms with E-state index in [0.717, 1.165) is 28.2 Å². The molecule has 0 aliphatic carbocycles. The molecule has 4 heteroatoms. The molecule has 0 radical (unpaired) electrons. The summed E-state index contributed by atoms with van der Waals surface area (Å²) in [6.07, 6.45) is 5.48. The van der Waals surface area contributed by atoms with E-state index in [9.17, 15) is 4.39 Å². The van der Waals surface area contributed by atoms with Crippen LogP contribution in [-0.4, -0.2) is 14.5 Å². The topological polar surface area (TPSA) is 30.7 Å². The highest BCUT2D eigenvalue weighted by molar-refractivity contribution is 5.81. The molecule has 4 aromatic rings. The van der Waals surface area contributed by atoms with Crippen molar-refractivity contribution in [3.05, 3.63) is 90.1 Å². The average molecular weight is 315 g/mol. The second-order valence-electron chi connectivity index (χ2n) is 5.37. The molecule has 0 spiro atoms. The van der Waals surface area contributed by atoms with E-state index in [2.05, 4.69) is 9.97 Å². The Morgan fingerprint density at radius 1 is 0.875 bits per heavy atom. The fourth-order valence-electron chi connectivity index (χ4n) is 2.66. The van der Waals surface area contributed by atoms with Crippen molar-refractivity contribution in [3.63, 3.8) is 0 Å². The second kappa shape index (κ2) is 6.08. The number of aromatic nitrogens is 3. The summed E-state index contributed by atoms with van der Waals surface area (Å²) in [5, 5.41) is 0. The van der Waals surface area contributed by atoms with Gasteiger partial charge in [-0.15, -0.1) is 0 Å². The van der Waals surface area contributed by atoms with Crippen molar-refractivity contribution in [2.24, 2.45) is 0 Å². The van der Waals surface area contributed by atoms with Crippen molar-refractivity contribution >= 4 is 23.2 Å². The van der Waals surface area contributed by atoms with Gasteiger partial charge in [-0.25, -0.2) is 14.4 Å². The number of rotatable bonds is 3. The highest BCUT2D eigenvalue weighted by Gasteiger charge is 2.10. The van der Waals surface area contributed by atoms with Crippen LogP contribution in [0.4, 0.5) is 4.39 Å². The third-order valence-electron chi connectivity index (χ3n) is 3.74. The Bertz CT molecular complexity index is 1020. The van der Waals surface area contributed by atoms with Crippen molar-refractivity contribution in [1.29, 1.82) is 0 Å². The molecule has 116 valence electrons. The molecule has 0 aliphatic heterocycles. The van der Waals surface area contributed by atoms with Crippen molar-refractivity contribution in [2.45, 2.75) is 0 Å². The van der Waals surface area contributed by atoms with Gasteiger partial charge in [0.1, 0.15) is 17.5 Å². The molecule has 0 saturated heterocycles. The molecule has 0 atom stereocenters. The van der Waals surface area contributed by atoms with Gasteiger partial charge in [0.05, 0.1) is 11.0 Å². The lowest BCUT2D eigenvalue weighted by Gasteiger charge is -2.05. The van der Waals surface area contributed by atoms with Crippen molar-refractivity contribution in [3.8, 4) is 5.82 Å². The molecule has 0 saturated carbocycles. The van der Waals surface area contributed by atoms with Gasteiger partial charge in [-0.05, 0) is 48.0 Å². The van der Waals surface area contributed by atoms with E-state index in [-0.39, 0.29) is 5.82 Å². The molecular formula is C20H14FN3. The van der Waals surface area contributed by atoms with Crippen LogP contribution in [0.2, 0.25) is 0 Å². The second-order valence-corrected chi connectivity index (χ2v) is 5.37. The Morgan fingerprint density at radius 3 is 2.58 bits per heavy atom. The number of hydrogen-bond donors (Lipinski definition) is 0. The zero-order valence-corrected chi connectivity index (χ0v) is 12.8. The molecule has 24 heavy (non-hydrogen) atoms. The highest BCUT2D eigenvalue weighted by Crippen LogP contribution is 2.21. The van der Waals surface area contributed by atoms with Crippen molar-refractivity contribution in [2.75, 3.05) is 0 Å². The van der Waals surface area contributed by atoms with Crippen LogP contribution >= 0.6 is 0 Å². The van der Waals surface area contributed by atoms with E-state index in [1.54, 1.807) is 12.3 Å². The van der Waals surface area contributed by atoms with Gasteiger partial charge in [-0.1, -0.05) is 36.4 Å². The van der Waals surface area contributed by atoms with Crippen LogP contribution in [0, 0.1) is 5.82 Å². The van der Waals surface area contributed by atoms with Gasteiger partial charge in [-0.3, -0.25) is 4.57 Å². The maximum absolute atomic E-state index is 13.3. The first-order valence-electron chi connectivity index (χ1n) is 7.64. The lowest BCUT2D eigenvalue weighted by Crippen LogP contribution is -1.99. The molecule has 2 aromatic carbocycles. The third kappa shape index (κ3) is 2.70. The van der Waals surface area contributed by atoms with Gasteiger partial charge in [-0.2, -0.15) is 0 Å². The molecule has 3 nitrogen and oxygen atoms in total. The zero-order valence-electron chi connectivity index (χ0n) is 12.8. The molecule has 2 aromatic heterocycles. The van der Waals surface area contributed by atoms with Crippen LogP contribution in [-0.2, 0) is 0 Å². The van der Waals surface area contributed by atoms with Crippen molar-refractivity contribution < 1.29 is 4.39 Å². The van der Waals surface area contributed by atoms with Crippen molar-refractivity contribution in [1.82, 2.24) is 14.5 Å². The normalized spacial score (nSPS) is 11.4. The maximum Gasteiger partial charge on any atom is 0.139 e. The largest absolute Gasteiger partial charge is 0.277 e. The Labute approximate surface area is 138 Å². The molecular weight excluding hydrogens is 301 g/mol. The van der Waals surface area contributed by atoms with Crippen LogP contribution in [0.15, 0.2) is 72.9 Å². The van der Waals surface area contributed by atoms with Crippen LogP contribution in [0.25, 0.3) is 29.0 Å². The number of pyridine rings is 1.